The molecule has 126 valence electrons. The van der Waals surface area contributed by atoms with Gasteiger partial charge in [0.2, 0.25) is 0 Å². The summed E-state index contributed by atoms with van der Waals surface area (Å²) in [4.78, 5) is 27.6. The van der Waals surface area contributed by atoms with Crippen LogP contribution in [-0.2, 0) is 0 Å². The Labute approximate surface area is 146 Å². The Morgan fingerprint density at radius 3 is 2.20 bits per heavy atom. The summed E-state index contributed by atoms with van der Waals surface area (Å²) in [5.41, 5.74) is 5.11. The van der Waals surface area contributed by atoms with Crippen molar-refractivity contribution in [3.8, 4) is 11.1 Å². The van der Waals surface area contributed by atoms with Crippen molar-refractivity contribution in [2.24, 2.45) is 0 Å². The van der Waals surface area contributed by atoms with Gasteiger partial charge in [0.05, 0.1) is 0 Å². The maximum atomic E-state index is 12.8. The monoisotopic (exact) mass is 332 g/mol. The smallest absolute Gasteiger partial charge is 0.272 e. The first kappa shape index (κ1) is 16.7. The van der Waals surface area contributed by atoms with Crippen molar-refractivity contribution in [3.63, 3.8) is 0 Å². The molecule has 0 bridgehead atoms. The van der Waals surface area contributed by atoms with E-state index in [4.69, 9.17) is 0 Å². The molecule has 0 aliphatic heterocycles. The fourth-order valence-electron chi connectivity index (χ4n) is 3.15. The number of amides is 1. The fraction of sp³-hybridized carbons (Fsp3) is 0.143. The molecule has 0 fully saturated rings. The Kier molecular flexibility index (Phi) is 4.52. The third-order valence-corrected chi connectivity index (χ3v) is 4.28. The highest BCUT2D eigenvalue weighted by Crippen LogP contribution is 2.28. The summed E-state index contributed by atoms with van der Waals surface area (Å²) in [5.74, 6) is -0.300. The molecule has 2 N–H and O–H groups in total. The molecule has 3 rings (SSSR count). The highest BCUT2D eigenvalue weighted by Gasteiger charge is 2.20. The molecule has 0 spiro atoms. The number of H-pyrrole nitrogens is 1. The summed E-state index contributed by atoms with van der Waals surface area (Å²) in [5, 5.41) is 2.96. The van der Waals surface area contributed by atoms with Crippen LogP contribution in [0.15, 0.2) is 54.6 Å². The average molecular weight is 332 g/mol. The van der Waals surface area contributed by atoms with Crippen LogP contribution in [0, 0.1) is 13.8 Å². The topological polar surface area (TPSA) is 62.0 Å². The van der Waals surface area contributed by atoms with Gasteiger partial charge in [0.25, 0.3) is 5.91 Å². The lowest BCUT2D eigenvalue weighted by atomic mass is 10.0. The molecule has 0 radical (unpaired) electrons. The van der Waals surface area contributed by atoms with Crippen molar-refractivity contribution in [3.05, 3.63) is 77.1 Å². The minimum atomic E-state index is -0.253. The lowest BCUT2D eigenvalue weighted by Gasteiger charge is -2.11. The summed E-state index contributed by atoms with van der Waals surface area (Å²) in [6.07, 6.45) is 0. The van der Waals surface area contributed by atoms with Crippen LogP contribution in [0.4, 0.5) is 5.69 Å². The quantitative estimate of drug-likeness (QED) is 0.677. The number of nitrogens with one attached hydrogen (secondary N) is 2. The number of Topliss-reactive ketones (excluding diaryl/α,β-unsaturated/α-hetero) is 1. The van der Waals surface area contributed by atoms with Crippen molar-refractivity contribution in [1.82, 2.24) is 4.98 Å². The number of para-hydroxylation sites is 1. The number of aromatic amines is 1. The summed E-state index contributed by atoms with van der Waals surface area (Å²) >= 11 is 0. The number of rotatable bonds is 4. The normalized spacial score (nSPS) is 10.5. The van der Waals surface area contributed by atoms with Gasteiger partial charge in [0.15, 0.2) is 5.78 Å². The standard InChI is InChI=1S/C21H20N2O2/c1-13-19(15(3)24)14(2)22-20(13)21(25)23-18-12-8-7-11-17(18)16-9-5-4-6-10-16/h4-12,22H,1-3H3,(H,23,25). The van der Waals surface area contributed by atoms with Gasteiger partial charge in [0.1, 0.15) is 5.69 Å². The molecule has 0 saturated heterocycles. The van der Waals surface area contributed by atoms with Crippen LogP contribution < -0.4 is 5.32 Å². The zero-order valence-electron chi connectivity index (χ0n) is 14.5. The minimum Gasteiger partial charge on any atom is -0.354 e. The van der Waals surface area contributed by atoms with Crippen LogP contribution >= 0.6 is 0 Å². The van der Waals surface area contributed by atoms with E-state index in [1.807, 2.05) is 54.6 Å². The van der Waals surface area contributed by atoms with Crippen LogP contribution in [0.2, 0.25) is 0 Å². The second kappa shape index (κ2) is 6.77. The lowest BCUT2D eigenvalue weighted by molar-refractivity contribution is 0.101. The Bertz CT molecular complexity index is 940. The molecule has 0 aliphatic carbocycles. The Balaban J connectivity index is 1.96. The minimum absolute atomic E-state index is 0.0463. The third-order valence-electron chi connectivity index (χ3n) is 4.28. The number of aromatic nitrogens is 1. The van der Waals surface area contributed by atoms with Gasteiger partial charge in [0, 0.05) is 22.5 Å². The molecule has 1 aromatic heterocycles. The zero-order chi connectivity index (χ0) is 18.0. The van der Waals surface area contributed by atoms with E-state index < -0.39 is 0 Å². The number of carbonyl (C=O) groups excluding carboxylic acids is 2. The molecule has 3 aromatic rings. The maximum Gasteiger partial charge on any atom is 0.272 e. The van der Waals surface area contributed by atoms with Gasteiger partial charge in [-0.05, 0) is 38.0 Å². The first-order valence-electron chi connectivity index (χ1n) is 8.15. The molecule has 0 aliphatic rings. The molecule has 0 saturated carbocycles. The first-order valence-corrected chi connectivity index (χ1v) is 8.15. The number of hydrogen-bond donors (Lipinski definition) is 2. The third kappa shape index (κ3) is 3.24. The van der Waals surface area contributed by atoms with E-state index in [0.717, 1.165) is 16.8 Å². The van der Waals surface area contributed by atoms with E-state index in [1.54, 1.807) is 13.8 Å². The molecular weight excluding hydrogens is 312 g/mol. The summed E-state index contributed by atoms with van der Waals surface area (Å²) < 4.78 is 0. The highest BCUT2D eigenvalue weighted by atomic mass is 16.2. The molecule has 25 heavy (non-hydrogen) atoms. The van der Waals surface area contributed by atoms with Gasteiger partial charge in [-0.1, -0.05) is 48.5 Å². The van der Waals surface area contributed by atoms with Crippen molar-refractivity contribution in [1.29, 1.82) is 0 Å². The Hall–Kier alpha value is -3.14. The predicted octanol–water partition coefficient (Wildman–Crippen LogP) is 4.75. The van der Waals surface area contributed by atoms with E-state index in [0.29, 0.717) is 22.5 Å². The van der Waals surface area contributed by atoms with Crippen molar-refractivity contribution in [2.75, 3.05) is 5.32 Å². The van der Waals surface area contributed by atoms with Gasteiger partial charge in [-0.3, -0.25) is 9.59 Å². The molecule has 2 aromatic carbocycles. The lowest BCUT2D eigenvalue weighted by Crippen LogP contribution is -2.14. The maximum absolute atomic E-state index is 12.8. The van der Waals surface area contributed by atoms with Gasteiger partial charge in [-0.2, -0.15) is 0 Å². The van der Waals surface area contributed by atoms with Crippen LogP contribution in [0.25, 0.3) is 11.1 Å². The molecule has 4 heteroatoms. The van der Waals surface area contributed by atoms with Gasteiger partial charge >= 0.3 is 0 Å². The predicted molar refractivity (Wildman–Crippen MR) is 100 cm³/mol. The van der Waals surface area contributed by atoms with Crippen molar-refractivity contribution >= 4 is 17.4 Å². The Morgan fingerprint density at radius 1 is 0.920 bits per heavy atom. The highest BCUT2D eigenvalue weighted by molar-refractivity contribution is 6.09. The van der Waals surface area contributed by atoms with Gasteiger partial charge < -0.3 is 10.3 Å². The number of carbonyl (C=O) groups is 2. The Morgan fingerprint density at radius 2 is 1.56 bits per heavy atom. The van der Waals surface area contributed by atoms with Crippen LogP contribution in [-0.4, -0.2) is 16.7 Å². The number of aryl methyl sites for hydroxylation is 1. The van der Waals surface area contributed by atoms with Crippen molar-refractivity contribution < 1.29 is 9.59 Å². The second-order valence-corrected chi connectivity index (χ2v) is 6.05. The summed E-state index contributed by atoms with van der Waals surface area (Å²) in [6, 6.07) is 17.6. The number of anilines is 1. The summed E-state index contributed by atoms with van der Waals surface area (Å²) in [6.45, 7) is 5.10. The van der Waals surface area contributed by atoms with E-state index in [-0.39, 0.29) is 11.7 Å². The van der Waals surface area contributed by atoms with E-state index in [1.165, 1.54) is 6.92 Å². The molecule has 4 nitrogen and oxygen atoms in total. The molecule has 1 amide bonds. The number of hydrogen-bond acceptors (Lipinski definition) is 2. The first-order chi connectivity index (χ1) is 12.0. The van der Waals surface area contributed by atoms with E-state index in [2.05, 4.69) is 10.3 Å². The van der Waals surface area contributed by atoms with Crippen LogP contribution in [0.3, 0.4) is 0 Å². The van der Waals surface area contributed by atoms with Crippen LogP contribution in [0.5, 0.6) is 0 Å². The number of ketones is 1. The largest absolute Gasteiger partial charge is 0.354 e. The van der Waals surface area contributed by atoms with E-state index >= 15 is 0 Å². The summed E-state index contributed by atoms with van der Waals surface area (Å²) in [7, 11) is 0. The molecular formula is C21H20N2O2. The fourth-order valence-corrected chi connectivity index (χ4v) is 3.15. The SMILES string of the molecule is CC(=O)c1c(C)[nH]c(C(=O)Nc2ccccc2-c2ccccc2)c1C. The van der Waals surface area contributed by atoms with Crippen molar-refractivity contribution in [2.45, 2.75) is 20.8 Å². The second-order valence-electron chi connectivity index (χ2n) is 6.05. The molecule has 0 atom stereocenters. The van der Waals surface area contributed by atoms with Crippen LogP contribution in [0.1, 0.15) is 39.0 Å². The van der Waals surface area contributed by atoms with Gasteiger partial charge in [-0.25, -0.2) is 0 Å². The average Bonchev–Trinajstić information content (AvgIpc) is 2.91. The molecule has 0 unspecified atom stereocenters. The zero-order valence-corrected chi connectivity index (χ0v) is 14.5. The molecule has 1 heterocycles. The van der Waals surface area contributed by atoms with E-state index in [9.17, 15) is 9.59 Å². The number of benzene rings is 2. The van der Waals surface area contributed by atoms with Gasteiger partial charge in [-0.15, -0.1) is 0 Å².